The fourth-order valence-corrected chi connectivity index (χ4v) is 5.16. The first-order chi connectivity index (χ1) is 14.7. The van der Waals surface area contributed by atoms with Crippen LogP contribution in [0.2, 0.25) is 0 Å². The fourth-order valence-electron chi connectivity index (χ4n) is 5.16. The molecule has 0 unspecified atom stereocenters. The summed E-state index contributed by atoms with van der Waals surface area (Å²) in [7, 11) is 0. The quantitative estimate of drug-likeness (QED) is 0.345. The highest BCUT2D eigenvalue weighted by Gasteiger charge is 2.22. The molecule has 1 aliphatic carbocycles. The molecule has 0 atom stereocenters. The van der Waals surface area contributed by atoms with Crippen molar-refractivity contribution in [1.29, 1.82) is 0 Å². The molecule has 0 aromatic heterocycles. The SMILES string of the molecule is CCCCCCC1CCC(c2ccc3c(F)c(-c4ccc(C)cc4)ccc3c2)CC1. The zero-order valence-electron chi connectivity index (χ0n) is 18.6. The van der Waals surface area contributed by atoms with E-state index in [2.05, 4.69) is 32.0 Å². The summed E-state index contributed by atoms with van der Waals surface area (Å²) in [6.07, 6.45) is 12.2. The van der Waals surface area contributed by atoms with Crippen molar-refractivity contribution >= 4 is 10.8 Å². The first kappa shape index (κ1) is 21.1. The summed E-state index contributed by atoms with van der Waals surface area (Å²) in [5.74, 6) is 1.47. The Labute approximate surface area is 181 Å². The number of fused-ring (bicyclic) bond motifs is 1. The van der Waals surface area contributed by atoms with E-state index < -0.39 is 0 Å². The van der Waals surface area contributed by atoms with E-state index in [0.717, 1.165) is 22.3 Å². The Kier molecular flexibility index (Phi) is 6.87. The van der Waals surface area contributed by atoms with Gasteiger partial charge in [-0.3, -0.25) is 0 Å². The summed E-state index contributed by atoms with van der Waals surface area (Å²) in [4.78, 5) is 0. The predicted molar refractivity (Wildman–Crippen MR) is 128 cm³/mol. The molecule has 1 saturated carbocycles. The van der Waals surface area contributed by atoms with Crippen molar-refractivity contribution in [1.82, 2.24) is 0 Å². The summed E-state index contributed by atoms with van der Waals surface area (Å²) in [5, 5.41) is 1.77. The molecule has 0 amide bonds. The Morgan fingerprint density at radius 3 is 2.33 bits per heavy atom. The molecular formula is C29H35F. The second-order valence-electron chi connectivity index (χ2n) is 9.34. The topological polar surface area (TPSA) is 0 Å². The van der Waals surface area contributed by atoms with E-state index in [4.69, 9.17) is 0 Å². The molecule has 1 aliphatic rings. The van der Waals surface area contributed by atoms with Gasteiger partial charge in [0, 0.05) is 10.9 Å². The van der Waals surface area contributed by atoms with Crippen LogP contribution in [0, 0.1) is 18.7 Å². The third-order valence-corrected chi connectivity index (χ3v) is 7.12. The number of hydrogen-bond donors (Lipinski definition) is 0. The summed E-state index contributed by atoms with van der Waals surface area (Å²) >= 11 is 0. The van der Waals surface area contributed by atoms with Gasteiger partial charge in [-0.05, 0) is 61.0 Å². The Hall–Kier alpha value is -2.15. The van der Waals surface area contributed by atoms with Crippen LogP contribution in [-0.4, -0.2) is 0 Å². The summed E-state index contributed by atoms with van der Waals surface area (Å²) in [6, 6.07) is 18.6. The smallest absolute Gasteiger partial charge is 0.138 e. The van der Waals surface area contributed by atoms with Crippen LogP contribution in [0.1, 0.15) is 81.8 Å². The molecule has 30 heavy (non-hydrogen) atoms. The number of rotatable bonds is 7. The molecule has 4 rings (SSSR count). The molecule has 0 aliphatic heterocycles. The van der Waals surface area contributed by atoms with Gasteiger partial charge in [-0.25, -0.2) is 4.39 Å². The van der Waals surface area contributed by atoms with Crippen molar-refractivity contribution in [3.8, 4) is 11.1 Å². The van der Waals surface area contributed by atoms with E-state index >= 15 is 4.39 Å². The van der Waals surface area contributed by atoms with Gasteiger partial charge < -0.3 is 0 Å². The predicted octanol–water partition coefficient (Wildman–Crippen LogP) is 9.20. The van der Waals surface area contributed by atoms with Gasteiger partial charge in [0.1, 0.15) is 5.82 Å². The third kappa shape index (κ3) is 4.77. The first-order valence-corrected chi connectivity index (χ1v) is 11.9. The van der Waals surface area contributed by atoms with Gasteiger partial charge in [0.05, 0.1) is 0 Å². The number of benzene rings is 3. The highest BCUT2D eigenvalue weighted by Crippen LogP contribution is 2.39. The van der Waals surface area contributed by atoms with Gasteiger partial charge in [-0.1, -0.05) is 99.2 Å². The molecule has 0 bridgehead atoms. The lowest BCUT2D eigenvalue weighted by molar-refractivity contribution is 0.302. The van der Waals surface area contributed by atoms with Crippen LogP contribution < -0.4 is 0 Å². The van der Waals surface area contributed by atoms with Crippen LogP contribution in [-0.2, 0) is 0 Å². The molecule has 0 heterocycles. The second-order valence-corrected chi connectivity index (χ2v) is 9.34. The van der Waals surface area contributed by atoms with E-state index in [0.29, 0.717) is 11.5 Å². The van der Waals surface area contributed by atoms with Crippen molar-refractivity contribution in [2.24, 2.45) is 5.92 Å². The van der Waals surface area contributed by atoms with Gasteiger partial charge in [0.15, 0.2) is 0 Å². The molecule has 1 heteroatoms. The molecule has 1 fully saturated rings. The minimum Gasteiger partial charge on any atom is -0.206 e. The molecule has 0 radical (unpaired) electrons. The van der Waals surface area contributed by atoms with Crippen LogP contribution in [0.4, 0.5) is 4.39 Å². The second kappa shape index (κ2) is 9.77. The van der Waals surface area contributed by atoms with Crippen molar-refractivity contribution in [3.05, 3.63) is 71.5 Å². The highest BCUT2D eigenvalue weighted by atomic mass is 19.1. The summed E-state index contributed by atoms with van der Waals surface area (Å²) in [6.45, 7) is 4.34. The average Bonchev–Trinajstić information content (AvgIpc) is 2.78. The molecular weight excluding hydrogens is 367 g/mol. The van der Waals surface area contributed by atoms with E-state index in [1.165, 1.54) is 68.9 Å². The Morgan fingerprint density at radius 1 is 0.833 bits per heavy atom. The van der Waals surface area contributed by atoms with Crippen molar-refractivity contribution in [3.63, 3.8) is 0 Å². The Balaban J connectivity index is 1.45. The zero-order chi connectivity index (χ0) is 20.9. The number of unbranched alkanes of at least 4 members (excludes halogenated alkanes) is 3. The minimum atomic E-state index is -0.0984. The van der Waals surface area contributed by atoms with E-state index in [9.17, 15) is 0 Å². The summed E-state index contributed by atoms with van der Waals surface area (Å²) < 4.78 is 15.3. The third-order valence-electron chi connectivity index (χ3n) is 7.12. The number of halogens is 1. The molecule has 0 nitrogen and oxygen atoms in total. The Morgan fingerprint density at radius 2 is 1.60 bits per heavy atom. The van der Waals surface area contributed by atoms with Crippen LogP contribution >= 0.6 is 0 Å². The lowest BCUT2D eigenvalue weighted by atomic mass is 9.76. The van der Waals surface area contributed by atoms with Crippen molar-refractivity contribution < 1.29 is 4.39 Å². The normalized spacial score (nSPS) is 19.3. The Bertz CT molecular complexity index is 962. The number of hydrogen-bond acceptors (Lipinski definition) is 0. The van der Waals surface area contributed by atoms with Crippen LogP contribution in [0.25, 0.3) is 21.9 Å². The molecule has 158 valence electrons. The lowest BCUT2D eigenvalue weighted by Crippen LogP contribution is -2.13. The molecule has 3 aromatic carbocycles. The first-order valence-electron chi connectivity index (χ1n) is 11.9. The van der Waals surface area contributed by atoms with Crippen molar-refractivity contribution in [2.75, 3.05) is 0 Å². The lowest BCUT2D eigenvalue weighted by Gasteiger charge is -2.29. The van der Waals surface area contributed by atoms with Gasteiger partial charge in [-0.15, -0.1) is 0 Å². The van der Waals surface area contributed by atoms with Gasteiger partial charge in [0.2, 0.25) is 0 Å². The van der Waals surface area contributed by atoms with E-state index in [1.54, 1.807) is 0 Å². The monoisotopic (exact) mass is 402 g/mol. The maximum Gasteiger partial charge on any atom is 0.138 e. The molecule has 3 aromatic rings. The number of aryl methyl sites for hydroxylation is 1. The molecule has 0 N–H and O–H groups in total. The van der Waals surface area contributed by atoms with Gasteiger partial charge >= 0.3 is 0 Å². The standard InChI is InChI=1S/C29H35F/c1-3-4-5-6-7-22-10-14-23(15-11-22)25-16-18-28-26(20-25)17-19-27(29(28)30)24-12-8-21(2)9-13-24/h8-9,12-13,16-20,22-23H,3-7,10-11,14-15H2,1-2H3. The van der Waals surface area contributed by atoms with Crippen LogP contribution in [0.5, 0.6) is 0 Å². The molecule has 0 saturated heterocycles. The van der Waals surface area contributed by atoms with E-state index in [1.807, 2.05) is 36.4 Å². The minimum absolute atomic E-state index is 0.0984. The van der Waals surface area contributed by atoms with Gasteiger partial charge in [0.25, 0.3) is 0 Å². The van der Waals surface area contributed by atoms with Gasteiger partial charge in [-0.2, -0.15) is 0 Å². The summed E-state index contributed by atoms with van der Waals surface area (Å²) in [5.41, 5.74) is 4.23. The van der Waals surface area contributed by atoms with E-state index in [-0.39, 0.29) is 5.82 Å². The molecule has 0 spiro atoms. The van der Waals surface area contributed by atoms with Crippen LogP contribution in [0.15, 0.2) is 54.6 Å². The largest absolute Gasteiger partial charge is 0.206 e. The highest BCUT2D eigenvalue weighted by molar-refractivity contribution is 5.89. The fraction of sp³-hybridized carbons (Fsp3) is 0.448. The maximum absolute atomic E-state index is 15.3. The van der Waals surface area contributed by atoms with Crippen molar-refractivity contribution in [2.45, 2.75) is 77.6 Å². The average molecular weight is 403 g/mol. The maximum atomic E-state index is 15.3. The van der Waals surface area contributed by atoms with Crippen LogP contribution in [0.3, 0.4) is 0 Å². The zero-order valence-corrected chi connectivity index (χ0v) is 18.6.